The molecular weight excluding hydrogens is 236 g/mol. The van der Waals surface area contributed by atoms with E-state index >= 15 is 0 Å². The Bertz CT molecular complexity index is 307. The number of aliphatic hydroxyl groups is 1. The maximum Gasteiger partial charge on any atom is 0.284 e. The summed E-state index contributed by atoms with van der Waals surface area (Å²) in [6.45, 7) is 2.38. The number of nitrogens with one attached hydrogen (secondary N) is 1. The molecule has 16 heavy (non-hydrogen) atoms. The van der Waals surface area contributed by atoms with Crippen molar-refractivity contribution < 1.29 is 18.3 Å². The van der Waals surface area contributed by atoms with Crippen LogP contribution in [0.25, 0.3) is 0 Å². The SMILES string of the molecule is C[C@@H](CO)NCc1ccc(CSC(F)F)o1. The van der Waals surface area contributed by atoms with Gasteiger partial charge in [0.25, 0.3) is 5.76 Å². The maximum atomic E-state index is 11.9. The van der Waals surface area contributed by atoms with Crippen LogP contribution in [0.2, 0.25) is 0 Å². The minimum Gasteiger partial charge on any atom is -0.464 e. The summed E-state index contributed by atoms with van der Waals surface area (Å²) in [7, 11) is 0. The number of hydrogen-bond acceptors (Lipinski definition) is 4. The van der Waals surface area contributed by atoms with Crippen LogP contribution in [0, 0.1) is 0 Å². The van der Waals surface area contributed by atoms with Gasteiger partial charge in [-0.1, -0.05) is 11.8 Å². The van der Waals surface area contributed by atoms with Gasteiger partial charge in [-0.05, 0) is 19.1 Å². The maximum absolute atomic E-state index is 11.9. The third-order valence-corrected chi connectivity index (χ3v) is 2.67. The van der Waals surface area contributed by atoms with Crippen LogP contribution in [-0.2, 0) is 12.3 Å². The highest BCUT2D eigenvalue weighted by Gasteiger charge is 2.07. The molecule has 2 N–H and O–H groups in total. The number of aliphatic hydroxyl groups excluding tert-OH is 1. The molecule has 0 spiro atoms. The molecule has 6 heteroatoms. The smallest absolute Gasteiger partial charge is 0.284 e. The van der Waals surface area contributed by atoms with Crippen molar-refractivity contribution in [3.05, 3.63) is 23.7 Å². The summed E-state index contributed by atoms with van der Waals surface area (Å²) in [6, 6.07) is 3.43. The Labute approximate surface area is 97.2 Å². The average Bonchev–Trinajstić information content (AvgIpc) is 2.71. The van der Waals surface area contributed by atoms with Crippen molar-refractivity contribution in [3.63, 3.8) is 0 Å². The first-order valence-electron chi connectivity index (χ1n) is 4.93. The van der Waals surface area contributed by atoms with Crippen molar-refractivity contribution in [2.75, 3.05) is 6.61 Å². The van der Waals surface area contributed by atoms with Crippen LogP contribution in [0.1, 0.15) is 18.4 Å². The Hall–Kier alpha value is -0.590. The molecule has 1 aromatic heterocycles. The molecule has 0 radical (unpaired) electrons. The third kappa shape index (κ3) is 4.96. The Balaban J connectivity index is 2.33. The molecule has 0 unspecified atom stereocenters. The molecular formula is C10H15F2NO2S. The highest BCUT2D eigenvalue weighted by molar-refractivity contribution is 7.98. The van der Waals surface area contributed by atoms with E-state index in [1.165, 1.54) is 0 Å². The molecule has 0 fully saturated rings. The number of thioether (sulfide) groups is 1. The highest BCUT2D eigenvalue weighted by atomic mass is 32.2. The highest BCUT2D eigenvalue weighted by Crippen LogP contribution is 2.21. The summed E-state index contributed by atoms with van der Waals surface area (Å²) in [5.74, 6) is -0.974. The van der Waals surface area contributed by atoms with Gasteiger partial charge in [0.2, 0.25) is 0 Å². The minimum absolute atomic E-state index is 0.0102. The monoisotopic (exact) mass is 251 g/mol. The van der Waals surface area contributed by atoms with Crippen molar-refractivity contribution in [3.8, 4) is 0 Å². The Morgan fingerprint density at radius 1 is 1.44 bits per heavy atom. The van der Waals surface area contributed by atoms with Gasteiger partial charge in [-0.15, -0.1) is 0 Å². The van der Waals surface area contributed by atoms with E-state index in [0.717, 1.165) is 0 Å². The van der Waals surface area contributed by atoms with Crippen molar-refractivity contribution in [2.24, 2.45) is 0 Å². The molecule has 0 aliphatic heterocycles. The van der Waals surface area contributed by atoms with Crippen LogP contribution >= 0.6 is 11.8 Å². The van der Waals surface area contributed by atoms with E-state index in [4.69, 9.17) is 9.52 Å². The molecule has 0 saturated carbocycles. The van der Waals surface area contributed by atoms with Crippen molar-refractivity contribution in [1.29, 1.82) is 0 Å². The number of halogens is 2. The number of furan rings is 1. The standard InChI is InChI=1S/C10H15F2NO2S/c1-7(5-14)13-4-8-2-3-9(15-8)6-16-10(11)12/h2-3,7,10,13-14H,4-6H2,1H3/t7-/m0/s1. The zero-order valence-corrected chi connectivity index (χ0v) is 9.77. The van der Waals surface area contributed by atoms with Gasteiger partial charge < -0.3 is 14.8 Å². The first kappa shape index (κ1) is 13.5. The lowest BCUT2D eigenvalue weighted by atomic mass is 10.3. The van der Waals surface area contributed by atoms with Crippen LogP contribution in [0.4, 0.5) is 8.78 Å². The summed E-state index contributed by atoms with van der Waals surface area (Å²) < 4.78 is 29.1. The molecule has 0 aliphatic carbocycles. The fourth-order valence-corrected chi connectivity index (χ4v) is 1.52. The van der Waals surface area contributed by atoms with E-state index in [1.54, 1.807) is 12.1 Å². The van der Waals surface area contributed by atoms with Crippen LogP contribution < -0.4 is 5.32 Å². The van der Waals surface area contributed by atoms with Gasteiger partial charge in [0, 0.05) is 6.04 Å². The zero-order chi connectivity index (χ0) is 12.0. The fourth-order valence-electron chi connectivity index (χ4n) is 1.08. The molecule has 0 amide bonds. The summed E-state index contributed by atoms with van der Waals surface area (Å²) in [4.78, 5) is 0. The Morgan fingerprint density at radius 2 is 2.12 bits per heavy atom. The largest absolute Gasteiger partial charge is 0.464 e. The van der Waals surface area contributed by atoms with E-state index in [9.17, 15) is 8.78 Å². The topological polar surface area (TPSA) is 45.4 Å². The second kappa shape index (κ2) is 6.88. The predicted octanol–water partition coefficient (Wildman–Crippen LogP) is 2.21. The van der Waals surface area contributed by atoms with E-state index in [1.807, 2.05) is 6.92 Å². The molecule has 3 nitrogen and oxygen atoms in total. The van der Waals surface area contributed by atoms with Crippen LogP contribution in [0.15, 0.2) is 16.5 Å². The molecule has 0 saturated heterocycles. The van der Waals surface area contributed by atoms with Crippen molar-refractivity contribution in [2.45, 2.75) is 31.0 Å². The number of hydrogen-bond donors (Lipinski definition) is 2. The summed E-state index contributed by atoms with van der Waals surface area (Å²) in [5, 5.41) is 11.8. The van der Waals surface area contributed by atoms with Crippen LogP contribution in [0.5, 0.6) is 0 Å². The lowest BCUT2D eigenvalue weighted by molar-refractivity contribution is 0.247. The molecule has 0 aromatic carbocycles. The van der Waals surface area contributed by atoms with Crippen molar-refractivity contribution >= 4 is 11.8 Å². The predicted molar refractivity (Wildman–Crippen MR) is 59.4 cm³/mol. The summed E-state index contributed by atoms with van der Waals surface area (Å²) >= 11 is 0.539. The molecule has 1 atom stereocenters. The first-order chi connectivity index (χ1) is 7.61. The van der Waals surface area contributed by atoms with Gasteiger partial charge in [-0.3, -0.25) is 0 Å². The van der Waals surface area contributed by atoms with Gasteiger partial charge in [-0.25, -0.2) is 0 Å². The molecule has 1 rings (SSSR count). The second-order valence-electron chi connectivity index (χ2n) is 3.40. The van der Waals surface area contributed by atoms with Crippen molar-refractivity contribution in [1.82, 2.24) is 5.32 Å². The first-order valence-corrected chi connectivity index (χ1v) is 5.98. The number of rotatable bonds is 7. The van der Waals surface area contributed by atoms with E-state index < -0.39 is 5.76 Å². The molecule has 0 aliphatic rings. The van der Waals surface area contributed by atoms with Crippen LogP contribution in [-0.4, -0.2) is 23.5 Å². The van der Waals surface area contributed by atoms with E-state index in [2.05, 4.69) is 5.32 Å². The molecule has 0 bridgehead atoms. The minimum atomic E-state index is -2.37. The Kier molecular flexibility index (Phi) is 5.79. The quantitative estimate of drug-likeness (QED) is 0.780. The second-order valence-corrected chi connectivity index (χ2v) is 4.38. The normalized spacial score (nSPS) is 13.3. The molecule has 1 heterocycles. The lowest BCUT2D eigenvalue weighted by Crippen LogP contribution is -2.28. The Morgan fingerprint density at radius 3 is 2.75 bits per heavy atom. The summed E-state index contributed by atoms with van der Waals surface area (Å²) in [6.07, 6.45) is 0. The van der Waals surface area contributed by atoms with Gasteiger partial charge in [-0.2, -0.15) is 8.78 Å². The van der Waals surface area contributed by atoms with Gasteiger partial charge in [0.15, 0.2) is 0 Å². The van der Waals surface area contributed by atoms with E-state index in [-0.39, 0.29) is 18.4 Å². The molecule has 1 aromatic rings. The fraction of sp³-hybridized carbons (Fsp3) is 0.600. The van der Waals surface area contributed by atoms with Gasteiger partial charge in [0.05, 0.1) is 18.9 Å². The summed E-state index contributed by atoms with van der Waals surface area (Å²) in [5.41, 5.74) is 0. The van der Waals surface area contributed by atoms with E-state index in [0.29, 0.717) is 29.8 Å². The average molecular weight is 251 g/mol. The zero-order valence-electron chi connectivity index (χ0n) is 8.95. The van der Waals surface area contributed by atoms with Gasteiger partial charge >= 0.3 is 0 Å². The molecule has 92 valence electrons. The number of alkyl halides is 2. The third-order valence-electron chi connectivity index (χ3n) is 1.97. The van der Waals surface area contributed by atoms with Crippen LogP contribution in [0.3, 0.4) is 0 Å². The lowest BCUT2D eigenvalue weighted by Gasteiger charge is -2.08. The van der Waals surface area contributed by atoms with Gasteiger partial charge in [0.1, 0.15) is 11.5 Å².